The molecule has 0 unspecified atom stereocenters. The molecule has 0 aromatic heterocycles. The fraction of sp³-hybridized carbons (Fsp3) is 0.185. The molecule has 0 saturated heterocycles. The molecule has 0 aliphatic carbocycles. The molecule has 4 rings (SSSR count). The molecular weight excluding hydrogens is 416 g/mol. The number of para-hydroxylation sites is 2. The topological polar surface area (TPSA) is 67.9 Å². The first-order chi connectivity index (χ1) is 15.9. The molecule has 33 heavy (non-hydrogen) atoms. The summed E-state index contributed by atoms with van der Waals surface area (Å²) in [7, 11) is 0. The van der Waals surface area contributed by atoms with E-state index in [-0.39, 0.29) is 18.4 Å². The van der Waals surface area contributed by atoms with Crippen LogP contribution in [-0.2, 0) is 4.79 Å². The van der Waals surface area contributed by atoms with E-state index in [1.807, 2.05) is 50.2 Å². The molecule has 1 heterocycles. The zero-order valence-electron chi connectivity index (χ0n) is 18.7. The molecular formula is C27H26N2O4. The number of carbonyl (C=O) groups excluding carboxylic acids is 2. The summed E-state index contributed by atoms with van der Waals surface area (Å²) in [5.74, 6) is 1.28. The number of rotatable bonds is 6. The second kappa shape index (κ2) is 9.20. The normalized spacial score (nSPS) is 14.5. The molecule has 1 aliphatic heterocycles. The SMILES string of the molecule is C=CCN1C(=O)C(C)(C)COc2cc(NC(=O)c3ccccc3Oc3ccccc3)ccc21. The Hall–Kier alpha value is -4.06. The summed E-state index contributed by atoms with van der Waals surface area (Å²) >= 11 is 0. The van der Waals surface area contributed by atoms with Crippen LogP contribution >= 0.6 is 0 Å². The van der Waals surface area contributed by atoms with E-state index in [0.29, 0.717) is 40.7 Å². The van der Waals surface area contributed by atoms with Gasteiger partial charge in [-0.15, -0.1) is 6.58 Å². The molecule has 0 fully saturated rings. The Labute approximate surface area is 193 Å². The van der Waals surface area contributed by atoms with Crippen LogP contribution in [0.25, 0.3) is 0 Å². The number of carbonyl (C=O) groups is 2. The number of amides is 2. The van der Waals surface area contributed by atoms with Gasteiger partial charge < -0.3 is 19.7 Å². The average molecular weight is 443 g/mol. The lowest BCUT2D eigenvalue weighted by Crippen LogP contribution is -2.42. The third kappa shape index (κ3) is 4.75. The Morgan fingerprint density at radius 2 is 1.85 bits per heavy atom. The summed E-state index contributed by atoms with van der Waals surface area (Å²) in [5, 5.41) is 2.91. The highest BCUT2D eigenvalue weighted by Gasteiger charge is 2.37. The molecule has 3 aromatic carbocycles. The summed E-state index contributed by atoms with van der Waals surface area (Å²) < 4.78 is 11.9. The first kappa shape index (κ1) is 22.1. The summed E-state index contributed by atoms with van der Waals surface area (Å²) in [4.78, 5) is 27.7. The van der Waals surface area contributed by atoms with Gasteiger partial charge in [0.15, 0.2) is 0 Å². The van der Waals surface area contributed by atoms with Crippen LogP contribution in [0.15, 0.2) is 85.5 Å². The van der Waals surface area contributed by atoms with E-state index in [9.17, 15) is 9.59 Å². The molecule has 168 valence electrons. The van der Waals surface area contributed by atoms with Gasteiger partial charge in [0.1, 0.15) is 23.9 Å². The predicted molar refractivity (Wildman–Crippen MR) is 129 cm³/mol. The van der Waals surface area contributed by atoms with E-state index in [0.717, 1.165) is 0 Å². The Morgan fingerprint density at radius 1 is 1.12 bits per heavy atom. The van der Waals surface area contributed by atoms with E-state index < -0.39 is 5.41 Å². The van der Waals surface area contributed by atoms with Gasteiger partial charge in [-0.1, -0.05) is 36.4 Å². The van der Waals surface area contributed by atoms with Gasteiger partial charge in [-0.25, -0.2) is 0 Å². The molecule has 2 amide bonds. The monoisotopic (exact) mass is 442 g/mol. The second-order valence-electron chi connectivity index (χ2n) is 8.42. The van der Waals surface area contributed by atoms with Gasteiger partial charge >= 0.3 is 0 Å². The van der Waals surface area contributed by atoms with E-state index >= 15 is 0 Å². The van der Waals surface area contributed by atoms with Crippen molar-refractivity contribution in [3.8, 4) is 17.2 Å². The van der Waals surface area contributed by atoms with Crippen molar-refractivity contribution in [2.75, 3.05) is 23.4 Å². The predicted octanol–water partition coefficient (Wildman–Crippen LogP) is 5.67. The second-order valence-corrected chi connectivity index (χ2v) is 8.42. The van der Waals surface area contributed by atoms with E-state index in [1.165, 1.54) is 0 Å². The third-order valence-corrected chi connectivity index (χ3v) is 5.34. The minimum Gasteiger partial charge on any atom is -0.490 e. The Morgan fingerprint density at radius 3 is 2.61 bits per heavy atom. The highest BCUT2D eigenvalue weighted by Crippen LogP contribution is 2.38. The van der Waals surface area contributed by atoms with Crippen molar-refractivity contribution in [2.45, 2.75) is 13.8 Å². The maximum absolute atomic E-state index is 13.1. The van der Waals surface area contributed by atoms with Gasteiger partial charge in [0, 0.05) is 18.3 Å². The number of ether oxygens (including phenoxy) is 2. The third-order valence-electron chi connectivity index (χ3n) is 5.34. The van der Waals surface area contributed by atoms with Gasteiger partial charge in [0.05, 0.1) is 16.7 Å². The average Bonchev–Trinajstić information content (AvgIpc) is 2.90. The minimum absolute atomic E-state index is 0.0371. The Bertz CT molecular complexity index is 1190. The van der Waals surface area contributed by atoms with Gasteiger partial charge in [-0.3, -0.25) is 9.59 Å². The zero-order valence-corrected chi connectivity index (χ0v) is 18.7. The number of fused-ring (bicyclic) bond motifs is 1. The van der Waals surface area contributed by atoms with Crippen LogP contribution in [0, 0.1) is 5.41 Å². The van der Waals surface area contributed by atoms with E-state index in [2.05, 4.69) is 11.9 Å². The number of hydrogen-bond acceptors (Lipinski definition) is 4. The van der Waals surface area contributed by atoms with Crippen molar-refractivity contribution in [1.82, 2.24) is 0 Å². The number of nitrogens with zero attached hydrogens (tertiary/aromatic N) is 1. The summed E-state index contributed by atoms with van der Waals surface area (Å²) in [5.41, 5.74) is 0.927. The molecule has 1 aliphatic rings. The van der Waals surface area contributed by atoms with Crippen LogP contribution in [0.3, 0.4) is 0 Å². The van der Waals surface area contributed by atoms with Gasteiger partial charge in [-0.05, 0) is 50.2 Å². The van der Waals surface area contributed by atoms with Crippen LogP contribution in [0.2, 0.25) is 0 Å². The zero-order chi connectivity index (χ0) is 23.4. The lowest BCUT2D eigenvalue weighted by molar-refractivity contribution is -0.127. The molecule has 0 atom stereocenters. The van der Waals surface area contributed by atoms with Crippen molar-refractivity contribution in [2.24, 2.45) is 5.41 Å². The highest BCUT2D eigenvalue weighted by atomic mass is 16.5. The summed E-state index contributed by atoms with van der Waals surface area (Å²) in [6.07, 6.45) is 1.68. The van der Waals surface area contributed by atoms with Crippen LogP contribution < -0.4 is 19.7 Å². The molecule has 0 saturated carbocycles. The number of nitrogens with one attached hydrogen (secondary N) is 1. The van der Waals surface area contributed by atoms with Crippen LogP contribution in [0.1, 0.15) is 24.2 Å². The molecule has 0 bridgehead atoms. The van der Waals surface area contributed by atoms with Crippen molar-refractivity contribution < 1.29 is 19.1 Å². The molecule has 3 aromatic rings. The quantitative estimate of drug-likeness (QED) is 0.500. The van der Waals surface area contributed by atoms with Crippen LogP contribution in [-0.4, -0.2) is 25.0 Å². The Balaban J connectivity index is 1.59. The largest absolute Gasteiger partial charge is 0.490 e. The number of anilines is 2. The lowest BCUT2D eigenvalue weighted by atomic mass is 9.93. The van der Waals surface area contributed by atoms with Gasteiger partial charge in [-0.2, -0.15) is 0 Å². The molecule has 6 nitrogen and oxygen atoms in total. The lowest BCUT2D eigenvalue weighted by Gasteiger charge is -2.27. The summed E-state index contributed by atoms with van der Waals surface area (Å²) in [6, 6.07) is 21.6. The van der Waals surface area contributed by atoms with Crippen LogP contribution in [0.5, 0.6) is 17.2 Å². The summed E-state index contributed by atoms with van der Waals surface area (Å²) in [6.45, 7) is 8.07. The smallest absolute Gasteiger partial charge is 0.259 e. The van der Waals surface area contributed by atoms with Crippen LogP contribution in [0.4, 0.5) is 11.4 Å². The standard InChI is InChI=1S/C27H26N2O4/c1-4-16-29-22-15-14-19(17-24(22)32-18-27(2,3)26(29)31)28-25(30)21-12-8-9-13-23(21)33-20-10-6-5-7-11-20/h4-15,17H,1,16,18H2,2-3H3,(H,28,30). The highest BCUT2D eigenvalue weighted by molar-refractivity contribution is 6.07. The molecule has 1 N–H and O–H groups in total. The fourth-order valence-electron chi connectivity index (χ4n) is 3.59. The molecule has 0 spiro atoms. The Kier molecular flexibility index (Phi) is 6.18. The van der Waals surface area contributed by atoms with Gasteiger partial charge in [0.25, 0.3) is 5.91 Å². The number of benzene rings is 3. The maximum atomic E-state index is 13.1. The van der Waals surface area contributed by atoms with Gasteiger partial charge in [0.2, 0.25) is 5.91 Å². The van der Waals surface area contributed by atoms with Crippen molar-refractivity contribution in [1.29, 1.82) is 0 Å². The van der Waals surface area contributed by atoms with Crippen molar-refractivity contribution in [3.63, 3.8) is 0 Å². The van der Waals surface area contributed by atoms with Crippen molar-refractivity contribution >= 4 is 23.2 Å². The first-order valence-electron chi connectivity index (χ1n) is 10.7. The van der Waals surface area contributed by atoms with E-state index in [1.54, 1.807) is 47.4 Å². The fourth-order valence-corrected chi connectivity index (χ4v) is 3.59. The molecule has 6 heteroatoms. The number of hydrogen-bond donors (Lipinski definition) is 1. The first-order valence-corrected chi connectivity index (χ1v) is 10.7. The maximum Gasteiger partial charge on any atom is 0.259 e. The molecule has 0 radical (unpaired) electrons. The minimum atomic E-state index is -0.681. The van der Waals surface area contributed by atoms with E-state index in [4.69, 9.17) is 9.47 Å². The van der Waals surface area contributed by atoms with Crippen molar-refractivity contribution in [3.05, 3.63) is 91.0 Å².